The standard InChI is InChI=1S/C11H10O2/c12-11-8-13-7-10(11)6-9-4-2-1-3-5-9/h1-6H,7-8H2/b10-6-. The van der Waals surface area contributed by atoms with E-state index in [4.69, 9.17) is 4.74 Å². The van der Waals surface area contributed by atoms with Crippen LogP contribution < -0.4 is 0 Å². The van der Waals surface area contributed by atoms with Gasteiger partial charge in [0.05, 0.1) is 6.61 Å². The zero-order valence-corrected chi connectivity index (χ0v) is 7.19. The summed E-state index contributed by atoms with van der Waals surface area (Å²) in [4.78, 5) is 11.2. The van der Waals surface area contributed by atoms with Gasteiger partial charge in [-0.2, -0.15) is 0 Å². The minimum absolute atomic E-state index is 0.101. The van der Waals surface area contributed by atoms with Crippen molar-refractivity contribution in [1.29, 1.82) is 0 Å². The Morgan fingerprint density at radius 1 is 1.15 bits per heavy atom. The van der Waals surface area contributed by atoms with Crippen LogP contribution in [0.2, 0.25) is 0 Å². The number of hydrogen-bond donors (Lipinski definition) is 0. The van der Waals surface area contributed by atoms with Gasteiger partial charge in [-0.25, -0.2) is 0 Å². The number of benzene rings is 1. The highest BCUT2D eigenvalue weighted by Crippen LogP contribution is 2.12. The second kappa shape index (κ2) is 3.54. The first-order valence-corrected chi connectivity index (χ1v) is 4.23. The van der Waals surface area contributed by atoms with Crippen LogP contribution >= 0.6 is 0 Å². The van der Waals surface area contributed by atoms with E-state index >= 15 is 0 Å². The molecule has 0 bridgehead atoms. The minimum atomic E-state index is 0.101. The zero-order chi connectivity index (χ0) is 9.10. The van der Waals surface area contributed by atoms with Gasteiger partial charge in [-0.15, -0.1) is 0 Å². The molecule has 2 heteroatoms. The van der Waals surface area contributed by atoms with Gasteiger partial charge in [0.1, 0.15) is 6.61 Å². The summed E-state index contributed by atoms with van der Waals surface area (Å²) in [6.45, 7) is 0.687. The van der Waals surface area contributed by atoms with Crippen molar-refractivity contribution in [2.75, 3.05) is 13.2 Å². The highest BCUT2D eigenvalue weighted by atomic mass is 16.5. The van der Waals surface area contributed by atoms with Crippen LogP contribution in [0.5, 0.6) is 0 Å². The Morgan fingerprint density at radius 3 is 2.54 bits per heavy atom. The van der Waals surface area contributed by atoms with Gasteiger partial charge in [0.2, 0.25) is 0 Å². The van der Waals surface area contributed by atoms with E-state index in [1.807, 2.05) is 36.4 Å². The lowest BCUT2D eigenvalue weighted by atomic mass is 10.1. The summed E-state index contributed by atoms with van der Waals surface area (Å²) >= 11 is 0. The number of carbonyl (C=O) groups is 1. The topological polar surface area (TPSA) is 26.3 Å². The number of ketones is 1. The number of hydrogen-bond acceptors (Lipinski definition) is 2. The second-order valence-corrected chi connectivity index (χ2v) is 3.00. The van der Waals surface area contributed by atoms with Gasteiger partial charge in [0.25, 0.3) is 0 Å². The molecular formula is C11H10O2. The fourth-order valence-corrected chi connectivity index (χ4v) is 1.30. The van der Waals surface area contributed by atoms with Crippen LogP contribution in [0.1, 0.15) is 5.56 Å². The first-order valence-electron chi connectivity index (χ1n) is 4.23. The largest absolute Gasteiger partial charge is 0.368 e. The quantitative estimate of drug-likeness (QED) is 0.605. The van der Waals surface area contributed by atoms with E-state index in [0.717, 1.165) is 11.1 Å². The lowest BCUT2D eigenvalue weighted by molar-refractivity contribution is -0.115. The van der Waals surface area contributed by atoms with E-state index in [1.165, 1.54) is 0 Å². The van der Waals surface area contributed by atoms with Gasteiger partial charge in [-0.3, -0.25) is 4.79 Å². The van der Waals surface area contributed by atoms with E-state index in [2.05, 4.69) is 0 Å². The van der Waals surface area contributed by atoms with Crippen molar-refractivity contribution < 1.29 is 9.53 Å². The first-order chi connectivity index (χ1) is 6.36. The summed E-state index contributed by atoms with van der Waals surface area (Å²) in [5.41, 5.74) is 1.82. The average molecular weight is 174 g/mol. The predicted octanol–water partition coefficient (Wildman–Crippen LogP) is 1.67. The van der Waals surface area contributed by atoms with Crippen LogP contribution in [0, 0.1) is 0 Å². The molecule has 0 saturated carbocycles. The molecule has 1 fully saturated rings. The third kappa shape index (κ3) is 1.84. The summed E-state index contributed by atoms with van der Waals surface area (Å²) in [5, 5.41) is 0. The SMILES string of the molecule is O=C1COC/C1=C/c1ccccc1. The van der Waals surface area contributed by atoms with E-state index in [-0.39, 0.29) is 12.4 Å². The number of Topliss-reactive ketones (excluding diaryl/α,β-unsaturated/α-hetero) is 1. The minimum Gasteiger partial charge on any atom is -0.368 e. The van der Waals surface area contributed by atoms with Gasteiger partial charge >= 0.3 is 0 Å². The molecule has 1 aliphatic rings. The molecule has 0 aromatic heterocycles. The van der Waals surface area contributed by atoms with Crippen molar-refractivity contribution in [3.8, 4) is 0 Å². The van der Waals surface area contributed by atoms with Crippen LogP contribution in [0.4, 0.5) is 0 Å². The maximum absolute atomic E-state index is 11.2. The van der Waals surface area contributed by atoms with Gasteiger partial charge in [0.15, 0.2) is 5.78 Å². The molecule has 1 heterocycles. The van der Waals surface area contributed by atoms with E-state index in [1.54, 1.807) is 0 Å². The van der Waals surface area contributed by atoms with Crippen LogP contribution in [0.3, 0.4) is 0 Å². The summed E-state index contributed by atoms with van der Waals surface area (Å²) in [6, 6.07) is 9.80. The normalized spacial score (nSPS) is 19.7. The number of carbonyl (C=O) groups excluding carboxylic acids is 1. The van der Waals surface area contributed by atoms with Crippen molar-refractivity contribution in [3.05, 3.63) is 41.5 Å². The fraction of sp³-hybridized carbons (Fsp3) is 0.182. The lowest BCUT2D eigenvalue weighted by Gasteiger charge is -1.93. The molecule has 66 valence electrons. The Balaban J connectivity index is 2.25. The lowest BCUT2D eigenvalue weighted by Crippen LogP contribution is -1.96. The summed E-state index contributed by atoms with van der Waals surface area (Å²) in [7, 11) is 0. The molecule has 0 N–H and O–H groups in total. The number of rotatable bonds is 1. The molecule has 1 aromatic carbocycles. The molecule has 0 atom stereocenters. The molecular weight excluding hydrogens is 164 g/mol. The molecule has 0 spiro atoms. The summed E-state index contributed by atoms with van der Waals surface area (Å²) in [6.07, 6.45) is 1.88. The molecule has 2 nitrogen and oxygen atoms in total. The Morgan fingerprint density at radius 2 is 1.92 bits per heavy atom. The molecule has 1 saturated heterocycles. The van der Waals surface area contributed by atoms with E-state index < -0.39 is 0 Å². The Hall–Kier alpha value is -1.41. The van der Waals surface area contributed by atoms with Crippen LogP contribution in [0.25, 0.3) is 6.08 Å². The maximum Gasteiger partial charge on any atom is 0.186 e. The Bertz CT molecular complexity index is 338. The Labute approximate surface area is 76.8 Å². The van der Waals surface area contributed by atoms with Crippen LogP contribution in [-0.4, -0.2) is 19.0 Å². The van der Waals surface area contributed by atoms with Gasteiger partial charge < -0.3 is 4.74 Å². The molecule has 0 amide bonds. The predicted molar refractivity (Wildman–Crippen MR) is 50.2 cm³/mol. The summed E-state index contributed by atoms with van der Waals surface area (Å²) < 4.78 is 5.02. The fourth-order valence-electron chi connectivity index (χ4n) is 1.30. The molecule has 1 aromatic rings. The maximum atomic E-state index is 11.2. The molecule has 2 rings (SSSR count). The van der Waals surface area contributed by atoms with Crippen molar-refractivity contribution in [3.63, 3.8) is 0 Å². The van der Waals surface area contributed by atoms with Crippen LogP contribution in [-0.2, 0) is 9.53 Å². The molecule has 1 aliphatic heterocycles. The zero-order valence-electron chi connectivity index (χ0n) is 7.19. The molecule has 0 unspecified atom stereocenters. The van der Waals surface area contributed by atoms with Gasteiger partial charge in [-0.1, -0.05) is 30.3 Å². The highest BCUT2D eigenvalue weighted by Gasteiger charge is 2.16. The van der Waals surface area contributed by atoms with Gasteiger partial charge in [-0.05, 0) is 11.6 Å². The molecule has 0 radical (unpaired) electrons. The number of ether oxygens (including phenoxy) is 1. The monoisotopic (exact) mass is 174 g/mol. The Kier molecular flexibility index (Phi) is 2.23. The third-order valence-electron chi connectivity index (χ3n) is 1.99. The van der Waals surface area contributed by atoms with E-state index in [9.17, 15) is 4.79 Å². The molecule has 13 heavy (non-hydrogen) atoms. The third-order valence-corrected chi connectivity index (χ3v) is 1.99. The van der Waals surface area contributed by atoms with Crippen molar-refractivity contribution in [1.82, 2.24) is 0 Å². The highest BCUT2D eigenvalue weighted by molar-refractivity contribution is 6.02. The first kappa shape index (κ1) is 8.20. The average Bonchev–Trinajstić information content (AvgIpc) is 2.54. The van der Waals surface area contributed by atoms with Crippen molar-refractivity contribution in [2.24, 2.45) is 0 Å². The smallest absolute Gasteiger partial charge is 0.186 e. The van der Waals surface area contributed by atoms with Crippen LogP contribution in [0.15, 0.2) is 35.9 Å². The summed E-state index contributed by atoms with van der Waals surface area (Å²) in [5.74, 6) is 0.101. The second-order valence-electron chi connectivity index (χ2n) is 3.00. The molecule has 0 aliphatic carbocycles. The van der Waals surface area contributed by atoms with Gasteiger partial charge in [0, 0.05) is 5.57 Å². The van der Waals surface area contributed by atoms with Crippen molar-refractivity contribution >= 4 is 11.9 Å². The van der Waals surface area contributed by atoms with Crippen molar-refractivity contribution in [2.45, 2.75) is 0 Å². The van der Waals surface area contributed by atoms with E-state index in [0.29, 0.717) is 6.61 Å².